The van der Waals surface area contributed by atoms with Gasteiger partial charge in [0.2, 0.25) is 5.91 Å². The third kappa shape index (κ3) is 3.78. The Labute approximate surface area is 131 Å². The lowest BCUT2D eigenvalue weighted by atomic mass is 9.95. The highest BCUT2D eigenvalue weighted by atomic mass is 16.2. The van der Waals surface area contributed by atoms with Gasteiger partial charge in [-0.05, 0) is 24.3 Å². The molecule has 2 rings (SSSR count). The van der Waals surface area contributed by atoms with E-state index in [-0.39, 0.29) is 17.2 Å². The third-order valence-corrected chi connectivity index (χ3v) is 4.63. The van der Waals surface area contributed by atoms with Crippen LogP contribution in [0.1, 0.15) is 38.7 Å². The number of carbonyl (C=O) groups is 2. The fourth-order valence-corrected chi connectivity index (χ4v) is 2.73. The van der Waals surface area contributed by atoms with Crippen molar-refractivity contribution < 1.29 is 9.59 Å². The second-order valence-electron chi connectivity index (χ2n) is 6.24. The summed E-state index contributed by atoms with van der Waals surface area (Å²) in [6, 6.07) is 9.01. The number of urea groups is 1. The number of primary amides is 1. The maximum atomic E-state index is 12.4. The first kappa shape index (κ1) is 16.3. The molecule has 0 aliphatic heterocycles. The first-order valence-corrected chi connectivity index (χ1v) is 7.88. The zero-order valence-corrected chi connectivity index (χ0v) is 13.3. The zero-order valence-electron chi connectivity index (χ0n) is 13.3. The largest absolute Gasteiger partial charge is 0.353 e. The highest BCUT2D eigenvalue weighted by Crippen LogP contribution is 2.47. The molecule has 0 spiro atoms. The number of nitrogens with two attached hydrogens (primary N) is 1. The molecule has 5 nitrogen and oxygen atoms in total. The molecule has 1 aromatic carbocycles. The van der Waals surface area contributed by atoms with Gasteiger partial charge >= 0.3 is 6.03 Å². The highest BCUT2D eigenvalue weighted by Gasteiger charge is 2.44. The quantitative estimate of drug-likeness (QED) is 0.719. The van der Waals surface area contributed by atoms with Gasteiger partial charge in [0.25, 0.3) is 0 Å². The summed E-state index contributed by atoms with van der Waals surface area (Å²) in [7, 11) is 0. The smallest absolute Gasteiger partial charge is 0.312 e. The Balaban J connectivity index is 1.97. The predicted molar refractivity (Wildman–Crippen MR) is 86.3 cm³/mol. The average molecular weight is 303 g/mol. The van der Waals surface area contributed by atoms with Crippen LogP contribution in [0.3, 0.4) is 0 Å². The molecule has 2 unspecified atom stereocenters. The molecule has 2 atom stereocenters. The van der Waals surface area contributed by atoms with E-state index >= 15 is 0 Å². The fraction of sp³-hybridized carbons (Fsp3) is 0.529. The number of hydrogen-bond donors (Lipinski definition) is 3. The Morgan fingerprint density at radius 3 is 2.41 bits per heavy atom. The van der Waals surface area contributed by atoms with Crippen LogP contribution < -0.4 is 16.4 Å². The molecule has 4 N–H and O–H groups in total. The molecule has 1 aliphatic carbocycles. The van der Waals surface area contributed by atoms with E-state index in [4.69, 9.17) is 5.73 Å². The van der Waals surface area contributed by atoms with Crippen LogP contribution >= 0.6 is 0 Å². The molecule has 3 amide bonds. The van der Waals surface area contributed by atoms with E-state index in [0.717, 1.165) is 19.3 Å². The Kier molecular flexibility index (Phi) is 5.06. The van der Waals surface area contributed by atoms with Gasteiger partial charge in [-0.3, -0.25) is 4.79 Å². The fourth-order valence-electron chi connectivity index (χ4n) is 2.73. The van der Waals surface area contributed by atoms with Gasteiger partial charge in [0.15, 0.2) is 0 Å². The second-order valence-corrected chi connectivity index (χ2v) is 6.24. The van der Waals surface area contributed by atoms with Crippen molar-refractivity contribution in [3.05, 3.63) is 35.9 Å². The van der Waals surface area contributed by atoms with Crippen LogP contribution in [0.15, 0.2) is 30.3 Å². The van der Waals surface area contributed by atoms with Crippen molar-refractivity contribution in [1.82, 2.24) is 10.6 Å². The number of nitrogens with one attached hydrogen (secondary N) is 2. The van der Waals surface area contributed by atoms with Gasteiger partial charge in [0, 0.05) is 12.0 Å². The number of hydrogen-bond acceptors (Lipinski definition) is 2. The van der Waals surface area contributed by atoms with Crippen molar-refractivity contribution >= 4 is 11.9 Å². The monoisotopic (exact) mass is 303 g/mol. The van der Waals surface area contributed by atoms with Gasteiger partial charge in [-0.1, -0.05) is 50.6 Å². The van der Waals surface area contributed by atoms with Gasteiger partial charge in [0.1, 0.15) is 6.04 Å². The Morgan fingerprint density at radius 2 is 1.91 bits per heavy atom. The molecule has 1 fully saturated rings. The van der Waals surface area contributed by atoms with E-state index in [1.165, 1.54) is 5.56 Å². The van der Waals surface area contributed by atoms with Crippen LogP contribution in [-0.2, 0) is 10.2 Å². The molecule has 0 aromatic heterocycles. The van der Waals surface area contributed by atoms with Crippen molar-refractivity contribution in [3.63, 3.8) is 0 Å². The summed E-state index contributed by atoms with van der Waals surface area (Å²) in [6.07, 6.45) is 2.95. The molecular weight excluding hydrogens is 278 g/mol. The number of amides is 3. The molecule has 0 radical (unpaired) electrons. The molecule has 0 heterocycles. The highest BCUT2D eigenvalue weighted by molar-refractivity contribution is 5.86. The Hall–Kier alpha value is -2.04. The minimum Gasteiger partial charge on any atom is -0.353 e. The summed E-state index contributed by atoms with van der Waals surface area (Å²) in [6.45, 7) is 4.52. The summed E-state index contributed by atoms with van der Waals surface area (Å²) >= 11 is 0. The lowest BCUT2D eigenvalue weighted by molar-refractivity contribution is -0.124. The van der Waals surface area contributed by atoms with E-state index in [0.29, 0.717) is 6.54 Å². The zero-order chi connectivity index (χ0) is 16.2. The van der Waals surface area contributed by atoms with Crippen LogP contribution in [-0.4, -0.2) is 24.5 Å². The summed E-state index contributed by atoms with van der Waals surface area (Å²) in [5.41, 5.74) is 6.50. The minimum atomic E-state index is -0.662. The molecule has 5 heteroatoms. The maximum absolute atomic E-state index is 12.4. The number of rotatable bonds is 7. The van der Waals surface area contributed by atoms with Gasteiger partial charge in [-0.2, -0.15) is 0 Å². The first-order valence-electron chi connectivity index (χ1n) is 7.88. The van der Waals surface area contributed by atoms with Crippen LogP contribution in [0, 0.1) is 5.92 Å². The summed E-state index contributed by atoms with van der Waals surface area (Å²) < 4.78 is 0. The van der Waals surface area contributed by atoms with E-state index in [1.54, 1.807) is 0 Å². The van der Waals surface area contributed by atoms with Crippen molar-refractivity contribution in [2.45, 2.75) is 44.6 Å². The molecule has 1 saturated carbocycles. The molecule has 1 aliphatic rings. The molecule has 22 heavy (non-hydrogen) atoms. The van der Waals surface area contributed by atoms with Gasteiger partial charge < -0.3 is 16.4 Å². The standard InChI is InChI=1S/C17H25N3O2/c1-3-12(2)14(20-16(18)22)15(21)19-11-17(9-10-17)13-7-5-4-6-8-13/h4-8,12,14H,3,9-11H2,1-2H3,(H,19,21)(H3,18,20,22). The van der Waals surface area contributed by atoms with E-state index in [9.17, 15) is 9.59 Å². The topological polar surface area (TPSA) is 84.2 Å². The molecule has 120 valence electrons. The lowest BCUT2D eigenvalue weighted by Gasteiger charge is -2.24. The second kappa shape index (κ2) is 6.81. The van der Waals surface area contributed by atoms with E-state index < -0.39 is 12.1 Å². The predicted octanol–water partition coefficient (Wildman–Crippen LogP) is 1.92. The molecular formula is C17H25N3O2. The summed E-state index contributed by atoms with van der Waals surface area (Å²) in [4.78, 5) is 23.5. The van der Waals surface area contributed by atoms with Crippen LogP contribution in [0.25, 0.3) is 0 Å². The van der Waals surface area contributed by atoms with Crippen molar-refractivity contribution in [3.8, 4) is 0 Å². The minimum absolute atomic E-state index is 0.0411. The number of carbonyl (C=O) groups excluding carboxylic acids is 2. The molecule has 0 saturated heterocycles. The summed E-state index contributed by atoms with van der Waals surface area (Å²) in [5.74, 6) is -0.116. The SMILES string of the molecule is CCC(C)C(NC(N)=O)C(=O)NCC1(c2ccccc2)CC1. The summed E-state index contributed by atoms with van der Waals surface area (Å²) in [5, 5.41) is 5.55. The van der Waals surface area contributed by atoms with Gasteiger partial charge in [-0.25, -0.2) is 4.79 Å². The van der Waals surface area contributed by atoms with E-state index in [2.05, 4.69) is 22.8 Å². The molecule has 0 bridgehead atoms. The number of benzene rings is 1. The van der Waals surface area contributed by atoms with Crippen molar-refractivity contribution in [2.75, 3.05) is 6.54 Å². The van der Waals surface area contributed by atoms with Crippen molar-refractivity contribution in [1.29, 1.82) is 0 Å². The van der Waals surface area contributed by atoms with E-state index in [1.807, 2.05) is 32.0 Å². The van der Waals surface area contributed by atoms with Crippen LogP contribution in [0.2, 0.25) is 0 Å². The third-order valence-electron chi connectivity index (χ3n) is 4.63. The average Bonchev–Trinajstić information content (AvgIpc) is 3.31. The van der Waals surface area contributed by atoms with Gasteiger partial charge in [-0.15, -0.1) is 0 Å². The van der Waals surface area contributed by atoms with Crippen LogP contribution in [0.5, 0.6) is 0 Å². The Bertz CT molecular complexity index is 526. The normalized spacial score (nSPS) is 18.1. The van der Waals surface area contributed by atoms with Crippen LogP contribution in [0.4, 0.5) is 4.79 Å². The maximum Gasteiger partial charge on any atom is 0.312 e. The Morgan fingerprint density at radius 1 is 1.27 bits per heavy atom. The van der Waals surface area contributed by atoms with Crippen molar-refractivity contribution in [2.24, 2.45) is 11.7 Å². The van der Waals surface area contributed by atoms with Gasteiger partial charge in [0.05, 0.1) is 0 Å². The molecule has 1 aromatic rings. The first-order chi connectivity index (χ1) is 10.5. The lowest BCUT2D eigenvalue weighted by Crippen LogP contribution is -2.52.